The largest absolute Gasteiger partial charge is 0.497 e. The Labute approximate surface area is 198 Å². The summed E-state index contributed by atoms with van der Waals surface area (Å²) in [5.74, 6) is -2.92. The summed E-state index contributed by atoms with van der Waals surface area (Å²) in [6, 6.07) is 8.58. The molecule has 0 aromatic heterocycles. The maximum atomic E-state index is 13.8. The van der Waals surface area contributed by atoms with Gasteiger partial charge in [0.25, 0.3) is 0 Å². The lowest BCUT2D eigenvalue weighted by atomic mass is 10.1. The maximum absolute atomic E-state index is 13.8. The average molecular weight is 498 g/mol. The molecule has 1 atom stereocenters. The molecule has 0 bridgehead atoms. The minimum Gasteiger partial charge on any atom is -0.497 e. The number of carbonyl (C=O) groups is 2. The highest BCUT2D eigenvalue weighted by atomic mass is 32.2. The molecule has 0 saturated carbocycles. The SMILES string of the molecule is CCNC(=O)[C@H](CC)N(Cc1cccc(OC)c1)C(=O)CN(c1ccc(F)c(F)c1)S(C)(=O)=O. The van der Waals surface area contributed by atoms with Crippen LogP contribution in [0.4, 0.5) is 14.5 Å². The van der Waals surface area contributed by atoms with E-state index in [0.29, 0.717) is 28.2 Å². The van der Waals surface area contributed by atoms with Gasteiger partial charge in [0, 0.05) is 19.2 Å². The van der Waals surface area contributed by atoms with Crippen molar-refractivity contribution in [2.75, 3.05) is 30.8 Å². The normalized spacial score (nSPS) is 12.1. The van der Waals surface area contributed by atoms with Gasteiger partial charge in [-0.05, 0) is 43.2 Å². The van der Waals surface area contributed by atoms with Gasteiger partial charge in [0.1, 0.15) is 18.3 Å². The summed E-state index contributed by atoms with van der Waals surface area (Å²) < 4.78 is 58.0. The number of nitrogens with one attached hydrogen (secondary N) is 1. The van der Waals surface area contributed by atoms with E-state index in [4.69, 9.17) is 4.74 Å². The molecule has 0 unspecified atom stereocenters. The Morgan fingerprint density at radius 3 is 2.35 bits per heavy atom. The van der Waals surface area contributed by atoms with Crippen LogP contribution in [0.3, 0.4) is 0 Å². The van der Waals surface area contributed by atoms with Gasteiger partial charge >= 0.3 is 0 Å². The summed E-state index contributed by atoms with van der Waals surface area (Å²) in [7, 11) is -2.55. The molecule has 0 aliphatic carbocycles. The van der Waals surface area contributed by atoms with E-state index in [0.717, 1.165) is 18.4 Å². The van der Waals surface area contributed by atoms with Crippen LogP contribution in [0.1, 0.15) is 25.8 Å². The molecule has 0 aliphatic heterocycles. The molecule has 0 heterocycles. The second kappa shape index (κ2) is 11.8. The number of amides is 2. The highest BCUT2D eigenvalue weighted by Gasteiger charge is 2.31. The van der Waals surface area contributed by atoms with E-state index in [1.807, 2.05) is 0 Å². The number of carbonyl (C=O) groups excluding carboxylic acids is 2. The van der Waals surface area contributed by atoms with E-state index in [9.17, 15) is 26.8 Å². The summed E-state index contributed by atoms with van der Waals surface area (Å²) in [4.78, 5) is 27.4. The molecule has 2 rings (SSSR count). The first-order chi connectivity index (χ1) is 16.0. The summed E-state index contributed by atoms with van der Waals surface area (Å²) in [5.41, 5.74) is 0.455. The van der Waals surface area contributed by atoms with E-state index in [-0.39, 0.29) is 24.6 Å². The number of benzene rings is 2. The molecule has 0 radical (unpaired) electrons. The molecule has 1 N–H and O–H groups in total. The Morgan fingerprint density at radius 1 is 1.09 bits per heavy atom. The summed E-state index contributed by atoms with van der Waals surface area (Å²) in [5, 5.41) is 2.69. The lowest BCUT2D eigenvalue weighted by Gasteiger charge is -2.32. The van der Waals surface area contributed by atoms with Crippen molar-refractivity contribution in [1.29, 1.82) is 0 Å². The van der Waals surface area contributed by atoms with Gasteiger partial charge in [-0.15, -0.1) is 0 Å². The van der Waals surface area contributed by atoms with E-state index in [1.165, 1.54) is 12.0 Å². The van der Waals surface area contributed by atoms with Crippen LogP contribution >= 0.6 is 0 Å². The predicted octanol–water partition coefficient (Wildman–Crippen LogP) is 2.68. The van der Waals surface area contributed by atoms with Crippen molar-refractivity contribution in [2.45, 2.75) is 32.9 Å². The lowest BCUT2D eigenvalue weighted by molar-refractivity contribution is -0.140. The van der Waals surface area contributed by atoms with Crippen LogP contribution in [0.25, 0.3) is 0 Å². The molecule has 0 fully saturated rings. The Balaban J connectivity index is 2.46. The van der Waals surface area contributed by atoms with Gasteiger partial charge in [-0.1, -0.05) is 19.1 Å². The highest BCUT2D eigenvalue weighted by molar-refractivity contribution is 7.92. The van der Waals surface area contributed by atoms with Crippen LogP contribution in [0.15, 0.2) is 42.5 Å². The molecule has 186 valence electrons. The van der Waals surface area contributed by atoms with E-state index in [1.54, 1.807) is 38.1 Å². The van der Waals surface area contributed by atoms with Gasteiger partial charge in [-0.3, -0.25) is 13.9 Å². The number of hydrogen-bond acceptors (Lipinski definition) is 5. The molecular formula is C23H29F2N3O5S. The van der Waals surface area contributed by atoms with Gasteiger partial charge in [0.05, 0.1) is 19.1 Å². The van der Waals surface area contributed by atoms with Crippen LogP contribution in [0.5, 0.6) is 5.75 Å². The fourth-order valence-electron chi connectivity index (χ4n) is 3.43. The maximum Gasteiger partial charge on any atom is 0.244 e. The molecule has 2 aromatic carbocycles. The zero-order valence-electron chi connectivity index (χ0n) is 19.5. The van der Waals surface area contributed by atoms with Crippen molar-refractivity contribution < 1.29 is 31.5 Å². The second-order valence-electron chi connectivity index (χ2n) is 7.56. The Kier molecular flexibility index (Phi) is 9.36. The lowest BCUT2D eigenvalue weighted by Crippen LogP contribution is -2.52. The first-order valence-electron chi connectivity index (χ1n) is 10.6. The van der Waals surface area contributed by atoms with Crippen LogP contribution in [-0.2, 0) is 26.2 Å². The zero-order valence-corrected chi connectivity index (χ0v) is 20.4. The van der Waals surface area contributed by atoms with Gasteiger partial charge in [-0.25, -0.2) is 17.2 Å². The van der Waals surface area contributed by atoms with Crippen molar-refractivity contribution in [1.82, 2.24) is 10.2 Å². The van der Waals surface area contributed by atoms with Crippen LogP contribution < -0.4 is 14.4 Å². The van der Waals surface area contributed by atoms with Crippen molar-refractivity contribution in [3.63, 3.8) is 0 Å². The predicted molar refractivity (Wildman–Crippen MR) is 125 cm³/mol. The Bertz CT molecular complexity index is 1130. The molecule has 8 nitrogen and oxygen atoms in total. The first kappa shape index (κ1) is 27.0. The third-order valence-corrected chi connectivity index (χ3v) is 6.23. The summed E-state index contributed by atoms with van der Waals surface area (Å²) in [6.07, 6.45) is 1.13. The number of sulfonamides is 1. The summed E-state index contributed by atoms with van der Waals surface area (Å²) in [6.45, 7) is 3.12. The topological polar surface area (TPSA) is 96.0 Å². The Morgan fingerprint density at radius 2 is 1.79 bits per heavy atom. The number of ether oxygens (including phenoxy) is 1. The molecule has 0 aliphatic rings. The second-order valence-corrected chi connectivity index (χ2v) is 9.47. The smallest absolute Gasteiger partial charge is 0.244 e. The van der Waals surface area contributed by atoms with Crippen molar-refractivity contribution in [3.05, 3.63) is 59.7 Å². The molecule has 0 saturated heterocycles. The highest BCUT2D eigenvalue weighted by Crippen LogP contribution is 2.22. The van der Waals surface area contributed by atoms with Crippen LogP contribution in [0, 0.1) is 11.6 Å². The van der Waals surface area contributed by atoms with Gasteiger partial charge in [0.15, 0.2) is 11.6 Å². The minimum atomic E-state index is -4.05. The molecule has 34 heavy (non-hydrogen) atoms. The van der Waals surface area contributed by atoms with Crippen LogP contribution in [0.2, 0.25) is 0 Å². The Hall–Kier alpha value is -3.21. The third-order valence-electron chi connectivity index (χ3n) is 5.09. The molecular weight excluding hydrogens is 468 g/mol. The number of nitrogens with zero attached hydrogens (tertiary/aromatic N) is 2. The first-order valence-corrected chi connectivity index (χ1v) is 12.5. The molecule has 2 aromatic rings. The number of halogens is 2. The van der Waals surface area contributed by atoms with Crippen molar-refractivity contribution in [2.24, 2.45) is 0 Å². The number of rotatable bonds is 11. The number of methoxy groups -OCH3 is 1. The van der Waals surface area contributed by atoms with E-state index < -0.39 is 40.2 Å². The van der Waals surface area contributed by atoms with Gasteiger partial charge in [0.2, 0.25) is 21.8 Å². The fraction of sp³-hybridized carbons (Fsp3) is 0.391. The van der Waals surface area contributed by atoms with Crippen LogP contribution in [-0.4, -0.2) is 57.6 Å². The monoisotopic (exact) mass is 497 g/mol. The number of likely N-dealkylation sites (N-methyl/N-ethyl adjacent to an activating group) is 1. The summed E-state index contributed by atoms with van der Waals surface area (Å²) >= 11 is 0. The van der Waals surface area contributed by atoms with Crippen molar-refractivity contribution >= 4 is 27.5 Å². The molecule has 0 spiro atoms. The standard InChI is InChI=1S/C23H29F2N3O5S/c1-5-21(23(30)26-6-2)27(14-16-8-7-9-18(12-16)33-3)22(29)15-28(34(4,31)32)17-10-11-19(24)20(25)13-17/h7-13,21H,5-6,14-15H2,1-4H3,(H,26,30)/t21-/m0/s1. The zero-order chi connectivity index (χ0) is 25.5. The molecule has 2 amide bonds. The number of anilines is 1. The average Bonchev–Trinajstić information content (AvgIpc) is 2.78. The number of hydrogen-bond donors (Lipinski definition) is 1. The van der Waals surface area contributed by atoms with Gasteiger partial charge in [-0.2, -0.15) is 0 Å². The molecule has 11 heteroatoms. The third kappa shape index (κ3) is 6.89. The van der Waals surface area contributed by atoms with E-state index in [2.05, 4.69) is 5.32 Å². The fourth-order valence-corrected chi connectivity index (χ4v) is 4.27. The van der Waals surface area contributed by atoms with Crippen molar-refractivity contribution in [3.8, 4) is 5.75 Å². The minimum absolute atomic E-state index is 0.00105. The van der Waals surface area contributed by atoms with Gasteiger partial charge < -0.3 is 15.0 Å². The quantitative estimate of drug-likeness (QED) is 0.515. The van der Waals surface area contributed by atoms with E-state index >= 15 is 0 Å².